The molecule has 2 saturated heterocycles. The molecule has 5 heteroatoms. The number of ether oxygens (including phenoxy) is 3. The van der Waals surface area contributed by atoms with E-state index in [1.165, 1.54) is 7.11 Å². The summed E-state index contributed by atoms with van der Waals surface area (Å²) >= 11 is 0. The fourth-order valence-electron chi connectivity index (χ4n) is 4.91. The van der Waals surface area contributed by atoms with E-state index in [4.69, 9.17) is 14.2 Å². The third-order valence-electron chi connectivity index (χ3n) is 5.84. The third kappa shape index (κ3) is 1.40. The van der Waals surface area contributed by atoms with Crippen molar-refractivity contribution in [1.29, 1.82) is 0 Å². The molecule has 3 aliphatic heterocycles. The average Bonchev–Trinajstić information content (AvgIpc) is 3.19. The van der Waals surface area contributed by atoms with E-state index in [1.807, 2.05) is 18.2 Å². The van der Waals surface area contributed by atoms with E-state index < -0.39 is 11.1 Å². The van der Waals surface area contributed by atoms with Crippen molar-refractivity contribution >= 4 is 11.8 Å². The molecule has 0 aromatic heterocycles. The molecule has 1 amide bonds. The van der Waals surface area contributed by atoms with Crippen LogP contribution in [0.3, 0.4) is 0 Å². The van der Waals surface area contributed by atoms with Gasteiger partial charge in [0, 0.05) is 0 Å². The molecule has 1 aromatic carbocycles. The van der Waals surface area contributed by atoms with Gasteiger partial charge in [-0.1, -0.05) is 13.5 Å². The molecular weight excluding hydrogens is 294 g/mol. The fourth-order valence-corrected chi connectivity index (χ4v) is 4.91. The molecule has 3 atom stereocenters. The second kappa shape index (κ2) is 4.51. The quantitative estimate of drug-likeness (QED) is 0.785. The van der Waals surface area contributed by atoms with Gasteiger partial charge in [0.2, 0.25) is 0 Å². The van der Waals surface area contributed by atoms with E-state index in [0.29, 0.717) is 0 Å². The highest BCUT2D eigenvalue weighted by Gasteiger charge is 2.73. The van der Waals surface area contributed by atoms with Crippen LogP contribution in [0.1, 0.15) is 31.7 Å². The largest absolute Gasteiger partial charge is 0.497 e. The lowest BCUT2D eigenvalue weighted by Crippen LogP contribution is -2.57. The van der Waals surface area contributed by atoms with Gasteiger partial charge in [0.1, 0.15) is 5.75 Å². The minimum Gasteiger partial charge on any atom is -0.497 e. The topological polar surface area (TPSA) is 48.0 Å². The molecule has 0 radical (unpaired) electrons. The van der Waals surface area contributed by atoms with Crippen LogP contribution in [0.25, 0.3) is 0 Å². The molecule has 1 aromatic rings. The van der Waals surface area contributed by atoms with Gasteiger partial charge in [-0.15, -0.1) is 0 Å². The zero-order chi connectivity index (χ0) is 16.4. The van der Waals surface area contributed by atoms with Crippen LogP contribution in [0.4, 0.5) is 10.5 Å². The summed E-state index contributed by atoms with van der Waals surface area (Å²) in [6.07, 6.45) is 2.11. The van der Waals surface area contributed by atoms with Crippen molar-refractivity contribution in [3.05, 3.63) is 35.9 Å². The zero-order valence-electron chi connectivity index (χ0n) is 13.7. The van der Waals surface area contributed by atoms with Crippen molar-refractivity contribution in [2.24, 2.45) is 0 Å². The molecule has 3 heterocycles. The molecule has 3 aliphatic rings. The van der Waals surface area contributed by atoms with Crippen molar-refractivity contribution in [2.45, 2.75) is 43.4 Å². The summed E-state index contributed by atoms with van der Waals surface area (Å²) in [5.74, 6) is 0.772. The Balaban J connectivity index is 2.03. The van der Waals surface area contributed by atoms with Crippen LogP contribution in [0.5, 0.6) is 5.75 Å². The molecule has 1 spiro atoms. The lowest BCUT2D eigenvalue weighted by molar-refractivity contribution is -0.0144. The summed E-state index contributed by atoms with van der Waals surface area (Å²) in [5.41, 5.74) is 1.84. The standard InChI is InChI=1S/C18H21NO4/c1-5-17-11(2)15-8-9-18(17,23-15)19(16(20)22-4)14-7-6-12(21-3)10-13(14)17/h6-7,10,15H,2,5,8-9H2,1,3-4H3/t15-,17+,18+/m1/s1. The number of carbonyl (C=O) groups excluding carboxylic acids is 1. The molecule has 2 bridgehead atoms. The third-order valence-corrected chi connectivity index (χ3v) is 5.84. The number of fused-ring (bicyclic) bond motifs is 3. The number of hydrogen-bond acceptors (Lipinski definition) is 4. The lowest BCUT2D eigenvalue weighted by Gasteiger charge is -2.42. The minimum absolute atomic E-state index is 0.00135. The Kier molecular flexibility index (Phi) is 2.86. The van der Waals surface area contributed by atoms with E-state index in [1.54, 1.807) is 12.0 Å². The van der Waals surface area contributed by atoms with Gasteiger partial charge < -0.3 is 14.2 Å². The smallest absolute Gasteiger partial charge is 0.416 e. The number of rotatable bonds is 2. The Labute approximate surface area is 135 Å². The van der Waals surface area contributed by atoms with E-state index in [0.717, 1.165) is 41.8 Å². The van der Waals surface area contributed by atoms with Gasteiger partial charge in [0.05, 0.1) is 31.4 Å². The summed E-state index contributed by atoms with van der Waals surface area (Å²) in [5, 5.41) is 0. The Hall–Kier alpha value is -2.01. The molecule has 5 nitrogen and oxygen atoms in total. The van der Waals surface area contributed by atoms with Crippen LogP contribution in [0.15, 0.2) is 30.4 Å². The van der Waals surface area contributed by atoms with Gasteiger partial charge in [-0.25, -0.2) is 9.69 Å². The molecule has 2 fully saturated rings. The van der Waals surface area contributed by atoms with Crippen LogP contribution in [0, 0.1) is 0 Å². The van der Waals surface area contributed by atoms with Gasteiger partial charge in [-0.05, 0) is 48.6 Å². The Bertz CT molecular complexity index is 715. The normalized spacial score (nSPS) is 33.6. The van der Waals surface area contributed by atoms with Crippen LogP contribution in [-0.4, -0.2) is 32.1 Å². The Morgan fingerprint density at radius 1 is 1.48 bits per heavy atom. The van der Waals surface area contributed by atoms with Gasteiger partial charge in [0.15, 0.2) is 5.72 Å². The number of carbonyl (C=O) groups is 1. The van der Waals surface area contributed by atoms with Gasteiger partial charge in [-0.2, -0.15) is 0 Å². The SMILES string of the molecule is C=C1[C@H]2CC[C@@]3(O2)N(C(=O)OC)c2ccc(OC)cc2[C@]13CC. The van der Waals surface area contributed by atoms with Crippen molar-refractivity contribution < 1.29 is 19.0 Å². The monoisotopic (exact) mass is 315 g/mol. The number of nitrogens with zero attached hydrogens (tertiary/aromatic N) is 1. The Morgan fingerprint density at radius 2 is 2.26 bits per heavy atom. The molecule has 0 saturated carbocycles. The molecule has 23 heavy (non-hydrogen) atoms. The van der Waals surface area contributed by atoms with Gasteiger partial charge >= 0.3 is 6.09 Å². The number of methoxy groups -OCH3 is 2. The van der Waals surface area contributed by atoms with Crippen molar-refractivity contribution in [2.75, 3.05) is 19.1 Å². The highest BCUT2D eigenvalue weighted by atomic mass is 16.6. The van der Waals surface area contributed by atoms with Crippen LogP contribution >= 0.6 is 0 Å². The molecular formula is C18H21NO4. The minimum atomic E-state index is -0.717. The first kappa shape index (κ1) is 14.6. The fraction of sp³-hybridized carbons (Fsp3) is 0.500. The number of anilines is 1. The highest BCUT2D eigenvalue weighted by Crippen LogP contribution is 2.68. The van der Waals surface area contributed by atoms with Crippen molar-refractivity contribution in [3.63, 3.8) is 0 Å². The van der Waals surface area contributed by atoms with Crippen molar-refractivity contribution in [1.82, 2.24) is 0 Å². The maximum absolute atomic E-state index is 12.6. The van der Waals surface area contributed by atoms with E-state index in [9.17, 15) is 4.79 Å². The van der Waals surface area contributed by atoms with E-state index in [-0.39, 0.29) is 12.2 Å². The lowest BCUT2D eigenvalue weighted by atomic mass is 9.63. The van der Waals surface area contributed by atoms with Crippen LogP contribution in [-0.2, 0) is 14.9 Å². The summed E-state index contributed by atoms with van der Waals surface area (Å²) < 4.78 is 16.8. The first-order valence-corrected chi connectivity index (χ1v) is 7.99. The predicted molar refractivity (Wildman–Crippen MR) is 85.8 cm³/mol. The summed E-state index contributed by atoms with van der Waals surface area (Å²) in [6, 6.07) is 5.79. The van der Waals surface area contributed by atoms with E-state index in [2.05, 4.69) is 13.5 Å². The summed E-state index contributed by atoms with van der Waals surface area (Å²) in [7, 11) is 3.06. The van der Waals surface area contributed by atoms with Crippen molar-refractivity contribution in [3.8, 4) is 5.75 Å². The molecule has 0 N–H and O–H groups in total. The zero-order valence-corrected chi connectivity index (χ0v) is 13.7. The summed E-state index contributed by atoms with van der Waals surface area (Å²) in [6.45, 7) is 6.47. The Morgan fingerprint density at radius 3 is 2.91 bits per heavy atom. The predicted octanol–water partition coefficient (Wildman–Crippen LogP) is 3.37. The highest BCUT2D eigenvalue weighted by molar-refractivity contribution is 5.95. The molecule has 0 unspecified atom stereocenters. The number of amides is 1. The first-order chi connectivity index (χ1) is 11.1. The first-order valence-electron chi connectivity index (χ1n) is 7.99. The average molecular weight is 315 g/mol. The molecule has 4 rings (SSSR count). The second-order valence-corrected chi connectivity index (χ2v) is 6.40. The number of benzene rings is 1. The number of hydrogen-bond donors (Lipinski definition) is 0. The summed E-state index contributed by atoms with van der Waals surface area (Å²) in [4.78, 5) is 14.3. The van der Waals surface area contributed by atoms with Crippen LogP contribution < -0.4 is 9.64 Å². The van der Waals surface area contributed by atoms with Crippen LogP contribution in [0.2, 0.25) is 0 Å². The molecule has 0 aliphatic carbocycles. The maximum Gasteiger partial charge on any atom is 0.416 e. The maximum atomic E-state index is 12.6. The van der Waals surface area contributed by atoms with Gasteiger partial charge in [-0.3, -0.25) is 0 Å². The van der Waals surface area contributed by atoms with Gasteiger partial charge in [0.25, 0.3) is 0 Å². The second-order valence-electron chi connectivity index (χ2n) is 6.40. The molecule has 122 valence electrons. The van der Waals surface area contributed by atoms with E-state index >= 15 is 0 Å².